The van der Waals surface area contributed by atoms with E-state index in [1.165, 1.54) is 0 Å². The number of primary amides is 1. The van der Waals surface area contributed by atoms with Gasteiger partial charge in [-0.2, -0.15) is 0 Å². The van der Waals surface area contributed by atoms with Crippen molar-refractivity contribution < 1.29 is 9.90 Å². The highest BCUT2D eigenvalue weighted by atomic mass is 16.3. The molecule has 0 aromatic heterocycles. The van der Waals surface area contributed by atoms with Gasteiger partial charge in [0.15, 0.2) is 0 Å². The number of hydrogen-bond acceptors (Lipinski definition) is 3. The molecule has 0 aliphatic carbocycles. The number of rotatable bonds is 7. The Morgan fingerprint density at radius 2 is 2.07 bits per heavy atom. The summed E-state index contributed by atoms with van der Waals surface area (Å²) in [6, 6.07) is -0.322. The molecule has 1 amide bonds. The van der Waals surface area contributed by atoms with E-state index in [0.29, 0.717) is 18.9 Å². The van der Waals surface area contributed by atoms with E-state index in [2.05, 4.69) is 19.2 Å². The van der Waals surface area contributed by atoms with Crippen LogP contribution in [0, 0.1) is 5.92 Å². The summed E-state index contributed by atoms with van der Waals surface area (Å²) in [4.78, 5) is 10.8. The topological polar surface area (TPSA) is 75.3 Å². The first-order valence-corrected chi connectivity index (χ1v) is 5.18. The summed E-state index contributed by atoms with van der Waals surface area (Å²) in [5, 5.41) is 12.5. The largest absolute Gasteiger partial charge is 0.392 e. The Balaban J connectivity index is 3.73. The Labute approximate surface area is 85.9 Å². The minimum Gasteiger partial charge on any atom is -0.392 e. The Hall–Kier alpha value is -0.610. The Morgan fingerprint density at radius 1 is 1.50 bits per heavy atom. The number of hydrogen-bond donors (Lipinski definition) is 3. The molecule has 2 atom stereocenters. The summed E-state index contributed by atoms with van der Waals surface area (Å²) in [7, 11) is 0. The molecule has 2 unspecified atom stereocenters. The predicted octanol–water partition coefficient (Wildman–Crippen LogP) is 0.247. The van der Waals surface area contributed by atoms with Crippen LogP contribution in [0.1, 0.15) is 33.6 Å². The summed E-state index contributed by atoms with van der Waals surface area (Å²) in [6.07, 6.45) is 0.995. The minimum absolute atomic E-state index is 0.322. The fourth-order valence-electron chi connectivity index (χ4n) is 1.35. The van der Waals surface area contributed by atoms with Crippen LogP contribution in [0.5, 0.6) is 0 Å². The molecule has 4 N–H and O–H groups in total. The van der Waals surface area contributed by atoms with Gasteiger partial charge in [-0.1, -0.05) is 20.8 Å². The van der Waals surface area contributed by atoms with Crippen molar-refractivity contribution in [2.24, 2.45) is 11.7 Å². The van der Waals surface area contributed by atoms with Crippen LogP contribution >= 0.6 is 0 Å². The van der Waals surface area contributed by atoms with Crippen LogP contribution in [0.4, 0.5) is 0 Å². The van der Waals surface area contributed by atoms with Gasteiger partial charge in [0.2, 0.25) is 5.91 Å². The van der Waals surface area contributed by atoms with Crippen molar-refractivity contribution in [3.8, 4) is 0 Å². The van der Waals surface area contributed by atoms with Crippen LogP contribution in [0.3, 0.4) is 0 Å². The fraction of sp³-hybridized carbons (Fsp3) is 0.900. The lowest BCUT2D eigenvalue weighted by atomic mass is 10.1. The molecule has 0 saturated heterocycles. The highest BCUT2D eigenvalue weighted by Crippen LogP contribution is 2.03. The monoisotopic (exact) mass is 202 g/mol. The highest BCUT2D eigenvalue weighted by Gasteiger charge is 2.14. The lowest BCUT2D eigenvalue weighted by molar-refractivity contribution is -0.120. The molecule has 0 bridgehead atoms. The number of nitrogens with one attached hydrogen (secondary N) is 1. The zero-order valence-corrected chi connectivity index (χ0v) is 9.29. The second-order valence-corrected chi connectivity index (χ2v) is 4.05. The van der Waals surface area contributed by atoms with E-state index >= 15 is 0 Å². The SMILES string of the molecule is CCC(NCC(O)CC(C)C)C(N)=O. The first-order valence-electron chi connectivity index (χ1n) is 5.18. The van der Waals surface area contributed by atoms with Crippen molar-refractivity contribution in [3.63, 3.8) is 0 Å². The van der Waals surface area contributed by atoms with Gasteiger partial charge in [0, 0.05) is 6.54 Å². The van der Waals surface area contributed by atoms with Crippen molar-refractivity contribution in [1.29, 1.82) is 0 Å². The van der Waals surface area contributed by atoms with E-state index in [1.807, 2.05) is 6.92 Å². The van der Waals surface area contributed by atoms with Gasteiger partial charge in [-0.25, -0.2) is 0 Å². The number of aliphatic hydroxyl groups excluding tert-OH is 1. The summed E-state index contributed by atoms with van der Waals surface area (Å²) < 4.78 is 0. The molecule has 0 aromatic carbocycles. The summed E-state index contributed by atoms with van der Waals surface area (Å²) >= 11 is 0. The molecule has 4 heteroatoms. The van der Waals surface area contributed by atoms with Crippen LogP contribution in [-0.4, -0.2) is 29.7 Å². The van der Waals surface area contributed by atoms with Gasteiger partial charge in [-0.05, 0) is 18.8 Å². The van der Waals surface area contributed by atoms with Crippen LogP contribution in [0.15, 0.2) is 0 Å². The molecule has 0 radical (unpaired) electrons. The van der Waals surface area contributed by atoms with E-state index in [0.717, 1.165) is 6.42 Å². The van der Waals surface area contributed by atoms with E-state index < -0.39 is 6.10 Å². The molecule has 0 aromatic rings. The van der Waals surface area contributed by atoms with Gasteiger partial charge in [-0.3, -0.25) is 4.79 Å². The number of nitrogens with two attached hydrogens (primary N) is 1. The van der Waals surface area contributed by atoms with Gasteiger partial charge in [-0.15, -0.1) is 0 Å². The molecule has 0 saturated carbocycles. The zero-order chi connectivity index (χ0) is 11.1. The maximum Gasteiger partial charge on any atom is 0.234 e. The van der Waals surface area contributed by atoms with E-state index in [1.54, 1.807) is 0 Å². The van der Waals surface area contributed by atoms with Crippen molar-refractivity contribution in [2.75, 3.05) is 6.54 Å². The molecular formula is C10H22N2O2. The second-order valence-electron chi connectivity index (χ2n) is 4.05. The predicted molar refractivity (Wildman–Crippen MR) is 56.7 cm³/mol. The number of carbonyl (C=O) groups is 1. The lowest BCUT2D eigenvalue weighted by Gasteiger charge is -2.17. The molecule has 0 aliphatic heterocycles. The first-order chi connectivity index (χ1) is 6.47. The standard InChI is InChI=1S/C10H22N2O2/c1-4-9(10(11)14)12-6-8(13)5-7(2)3/h7-9,12-13H,4-6H2,1-3H3,(H2,11,14). The van der Waals surface area contributed by atoms with Crippen molar-refractivity contribution >= 4 is 5.91 Å². The minimum atomic E-state index is -0.400. The van der Waals surface area contributed by atoms with Crippen LogP contribution in [-0.2, 0) is 4.79 Å². The molecule has 14 heavy (non-hydrogen) atoms. The van der Waals surface area contributed by atoms with Crippen LogP contribution in [0.2, 0.25) is 0 Å². The van der Waals surface area contributed by atoms with Gasteiger partial charge in [0.1, 0.15) is 0 Å². The third-order valence-corrected chi connectivity index (χ3v) is 2.10. The van der Waals surface area contributed by atoms with Gasteiger partial charge >= 0.3 is 0 Å². The molecule has 4 nitrogen and oxygen atoms in total. The van der Waals surface area contributed by atoms with Gasteiger partial charge in [0.05, 0.1) is 12.1 Å². The van der Waals surface area contributed by atoms with Crippen LogP contribution in [0.25, 0.3) is 0 Å². The normalized spacial score (nSPS) is 15.5. The van der Waals surface area contributed by atoms with Crippen molar-refractivity contribution in [2.45, 2.75) is 45.8 Å². The van der Waals surface area contributed by atoms with Crippen molar-refractivity contribution in [3.05, 3.63) is 0 Å². The average Bonchev–Trinajstić information content (AvgIpc) is 2.03. The maximum atomic E-state index is 10.8. The van der Waals surface area contributed by atoms with E-state index in [9.17, 15) is 9.90 Å². The Kier molecular flexibility index (Phi) is 6.49. The number of amides is 1. The number of carbonyl (C=O) groups excluding carboxylic acids is 1. The summed E-state index contributed by atoms with van der Waals surface area (Å²) in [5.41, 5.74) is 5.15. The van der Waals surface area contributed by atoms with Gasteiger partial charge in [0.25, 0.3) is 0 Å². The molecule has 0 spiro atoms. The molecule has 84 valence electrons. The van der Waals surface area contributed by atoms with E-state index in [-0.39, 0.29) is 11.9 Å². The average molecular weight is 202 g/mol. The molecule has 0 heterocycles. The third kappa shape index (κ3) is 5.94. The number of aliphatic hydroxyl groups is 1. The summed E-state index contributed by atoms with van der Waals surface area (Å²) in [5.74, 6) is 0.102. The quantitative estimate of drug-likeness (QED) is 0.554. The molecular weight excluding hydrogens is 180 g/mol. The molecule has 0 rings (SSSR count). The fourth-order valence-corrected chi connectivity index (χ4v) is 1.35. The maximum absolute atomic E-state index is 10.8. The van der Waals surface area contributed by atoms with Crippen LogP contribution < -0.4 is 11.1 Å². The third-order valence-electron chi connectivity index (χ3n) is 2.10. The Morgan fingerprint density at radius 3 is 2.43 bits per heavy atom. The first kappa shape index (κ1) is 13.4. The molecule has 0 fully saturated rings. The summed E-state index contributed by atoms with van der Waals surface area (Å²) in [6.45, 7) is 6.42. The van der Waals surface area contributed by atoms with Gasteiger partial charge < -0.3 is 16.2 Å². The molecule has 0 aliphatic rings. The second kappa shape index (κ2) is 6.79. The smallest absolute Gasteiger partial charge is 0.234 e. The Bertz CT molecular complexity index is 172. The van der Waals surface area contributed by atoms with Crippen molar-refractivity contribution in [1.82, 2.24) is 5.32 Å². The zero-order valence-electron chi connectivity index (χ0n) is 9.29. The van der Waals surface area contributed by atoms with E-state index in [4.69, 9.17) is 5.73 Å². The lowest BCUT2D eigenvalue weighted by Crippen LogP contribution is -2.44. The highest BCUT2D eigenvalue weighted by molar-refractivity contribution is 5.79.